The van der Waals surface area contributed by atoms with E-state index in [-0.39, 0.29) is 19.0 Å². The number of aliphatic hydroxyl groups excluding tert-OH is 1. The molecule has 0 heterocycles. The fourth-order valence-electron chi connectivity index (χ4n) is 1.60. The second-order valence-corrected chi connectivity index (χ2v) is 5.03. The molecular formula is C15H21ClO4. The number of ether oxygens (including phenoxy) is 2. The summed E-state index contributed by atoms with van der Waals surface area (Å²) < 4.78 is 10.8. The molecule has 20 heavy (non-hydrogen) atoms. The molecule has 0 aliphatic heterocycles. The highest BCUT2D eigenvalue weighted by molar-refractivity contribution is 6.31. The first-order valence-corrected chi connectivity index (χ1v) is 7.11. The van der Waals surface area contributed by atoms with Crippen LogP contribution < -0.4 is 4.74 Å². The van der Waals surface area contributed by atoms with Crippen LogP contribution in [0.25, 0.3) is 0 Å². The second kappa shape index (κ2) is 8.95. The number of hydrogen-bond donors (Lipinski definition) is 1. The number of ketones is 1. The van der Waals surface area contributed by atoms with Gasteiger partial charge in [-0.05, 0) is 31.5 Å². The van der Waals surface area contributed by atoms with Gasteiger partial charge in [0.1, 0.15) is 18.5 Å². The molecule has 1 rings (SSSR count). The lowest BCUT2D eigenvalue weighted by molar-refractivity contribution is 0.0111. The van der Waals surface area contributed by atoms with Gasteiger partial charge in [-0.1, -0.05) is 24.9 Å². The predicted octanol–water partition coefficient (Wildman–Crippen LogP) is 3.10. The van der Waals surface area contributed by atoms with Gasteiger partial charge in [-0.2, -0.15) is 0 Å². The summed E-state index contributed by atoms with van der Waals surface area (Å²) in [5, 5.41) is 10.2. The van der Waals surface area contributed by atoms with E-state index in [1.165, 1.54) is 6.92 Å². The maximum absolute atomic E-state index is 11.5. The van der Waals surface area contributed by atoms with E-state index in [1.807, 2.05) is 0 Å². The standard InChI is InChI=1S/C15H21ClO4/c1-3-4-7-19-9-13(18)10-20-15-6-5-12(16)8-14(15)11(2)17/h5-6,8,13,18H,3-4,7,9-10H2,1-2H3. The maximum atomic E-state index is 11.5. The Bertz CT molecular complexity index is 434. The van der Waals surface area contributed by atoms with Crippen molar-refractivity contribution in [3.8, 4) is 5.75 Å². The monoisotopic (exact) mass is 300 g/mol. The molecule has 1 aromatic rings. The van der Waals surface area contributed by atoms with E-state index in [2.05, 4.69) is 6.92 Å². The van der Waals surface area contributed by atoms with Crippen LogP contribution >= 0.6 is 11.6 Å². The minimum atomic E-state index is -0.720. The van der Waals surface area contributed by atoms with Gasteiger partial charge in [-0.25, -0.2) is 0 Å². The van der Waals surface area contributed by atoms with Gasteiger partial charge in [0, 0.05) is 11.6 Å². The summed E-state index contributed by atoms with van der Waals surface area (Å²) >= 11 is 5.84. The van der Waals surface area contributed by atoms with Crippen molar-refractivity contribution in [2.75, 3.05) is 19.8 Å². The molecule has 0 aromatic heterocycles. The van der Waals surface area contributed by atoms with Crippen molar-refractivity contribution in [1.29, 1.82) is 0 Å². The van der Waals surface area contributed by atoms with Crippen molar-refractivity contribution in [3.05, 3.63) is 28.8 Å². The summed E-state index contributed by atoms with van der Waals surface area (Å²) in [6.07, 6.45) is 1.31. The molecule has 1 aromatic carbocycles. The molecule has 112 valence electrons. The molecular weight excluding hydrogens is 280 g/mol. The molecule has 0 spiro atoms. The maximum Gasteiger partial charge on any atom is 0.163 e. The van der Waals surface area contributed by atoms with Gasteiger partial charge >= 0.3 is 0 Å². The third-order valence-corrected chi connectivity index (χ3v) is 2.94. The Balaban J connectivity index is 2.46. The molecule has 0 amide bonds. The first-order chi connectivity index (χ1) is 9.54. The molecule has 0 aliphatic carbocycles. The minimum Gasteiger partial charge on any atom is -0.490 e. The van der Waals surface area contributed by atoms with Gasteiger partial charge in [-0.3, -0.25) is 4.79 Å². The van der Waals surface area contributed by atoms with Gasteiger partial charge in [0.25, 0.3) is 0 Å². The van der Waals surface area contributed by atoms with Crippen LogP contribution in [-0.4, -0.2) is 36.8 Å². The smallest absolute Gasteiger partial charge is 0.163 e. The van der Waals surface area contributed by atoms with E-state index < -0.39 is 6.10 Å². The number of carbonyl (C=O) groups is 1. The molecule has 0 saturated heterocycles. The highest BCUT2D eigenvalue weighted by Crippen LogP contribution is 2.23. The number of halogens is 1. The summed E-state index contributed by atoms with van der Waals surface area (Å²) in [5.74, 6) is 0.297. The summed E-state index contributed by atoms with van der Waals surface area (Å²) in [7, 11) is 0. The Kier molecular flexibility index (Phi) is 7.59. The van der Waals surface area contributed by atoms with E-state index in [0.717, 1.165) is 12.8 Å². The normalized spacial score (nSPS) is 12.2. The van der Waals surface area contributed by atoms with Gasteiger partial charge < -0.3 is 14.6 Å². The molecule has 1 atom stereocenters. The Hall–Kier alpha value is -1.10. The third kappa shape index (κ3) is 5.90. The number of Topliss-reactive ketones (excluding diaryl/α,β-unsaturated/α-hetero) is 1. The van der Waals surface area contributed by atoms with Crippen LogP contribution in [0.4, 0.5) is 0 Å². The van der Waals surface area contributed by atoms with Crippen LogP contribution in [0, 0.1) is 0 Å². The lowest BCUT2D eigenvalue weighted by Crippen LogP contribution is -2.24. The average Bonchev–Trinajstić information content (AvgIpc) is 2.42. The highest BCUT2D eigenvalue weighted by atomic mass is 35.5. The van der Waals surface area contributed by atoms with E-state index in [4.69, 9.17) is 21.1 Å². The second-order valence-electron chi connectivity index (χ2n) is 4.59. The topological polar surface area (TPSA) is 55.8 Å². The van der Waals surface area contributed by atoms with Crippen LogP contribution in [0.5, 0.6) is 5.75 Å². The van der Waals surface area contributed by atoms with Gasteiger partial charge in [0.05, 0.1) is 12.2 Å². The lowest BCUT2D eigenvalue weighted by Gasteiger charge is -2.14. The molecule has 0 fully saturated rings. The molecule has 0 saturated carbocycles. The van der Waals surface area contributed by atoms with Crippen molar-refractivity contribution in [3.63, 3.8) is 0 Å². The van der Waals surface area contributed by atoms with E-state index in [9.17, 15) is 9.90 Å². The van der Waals surface area contributed by atoms with E-state index in [1.54, 1.807) is 18.2 Å². The molecule has 1 unspecified atom stereocenters. The van der Waals surface area contributed by atoms with Crippen molar-refractivity contribution >= 4 is 17.4 Å². The summed E-state index contributed by atoms with van der Waals surface area (Å²) in [4.78, 5) is 11.5. The molecule has 0 bridgehead atoms. The van der Waals surface area contributed by atoms with Crippen LogP contribution in [-0.2, 0) is 4.74 Å². The molecule has 5 heteroatoms. The quantitative estimate of drug-likeness (QED) is 0.562. The average molecular weight is 301 g/mol. The van der Waals surface area contributed by atoms with Gasteiger partial charge in [0.2, 0.25) is 0 Å². The predicted molar refractivity (Wildman–Crippen MR) is 78.7 cm³/mol. The Morgan fingerprint density at radius 1 is 1.40 bits per heavy atom. The summed E-state index contributed by atoms with van der Waals surface area (Å²) in [5.41, 5.74) is 0.414. The third-order valence-electron chi connectivity index (χ3n) is 2.70. The Labute approximate surface area is 124 Å². The fraction of sp³-hybridized carbons (Fsp3) is 0.533. The summed E-state index contributed by atoms with van der Waals surface area (Å²) in [6.45, 7) is 4.46. The number of carbonyl (C=O) groups excluding carboxylic acids is 1. The zero-order chi connectivity index (χ0) is 15.0. The molecule has 0 radical (unpaired) electrons. The largest absolute Gasteiger partial charge is 0.490 e. The number of hydrogen-bond acceptors (Lipinski definition) is 4. The van der Waals surface area contributed by atoms with Crippen molar-refractivity contribution < 1.29 is 19.4 Å². The van der Waals surface area contributed by atoms with Crippen LogP contribution in [0.3, 0.4) is 0 Å². The van der Waals surface area contributed by atoms with Crippen molar-refractivity contribution in [2.24, 2.45) is 0 Å². The van der Waals surface area contributed by atoms with Gasteiger partial charge in [-0.15, -0.1) is 0 Å². The van der Waals surface area contributed by atoms with E-state index >= 15 is 0 Å². The number of rotatable bonds is 9. The zero-order valence-electron chi connectivity index (χ0n) is 11.9. The van der Waals surface area contributed by atoms with Crippen LogP contribution in [0.1, 0.15) is 37.0 Å². The van der Waals surface area contributed by atoms with Crippen LogP contribution in [0.15, 0.2) is 18.2 Å². The molecule has 4 nitrogen and oxygen atoms in total. The lowest BCUT2D eigenvalue weighted by atomic mass is 10.1. The van der Waals surface area contributed by atoms with Gasteiger partial charge in [0.15, 0.2) is 5.78 Å². The number of benzene rings is 1. The van der Waals surface area contributed by atoms with Crippen molar-refractivity contribution in [2.45, 2.75) is 32.8 Å². The Morgan fingerprint density at radius 2 is 2.15 bits per heavy atom. The first kappa shape index (κ1) is 17.0. The van der Waals surface area contributed by atoms with E-state index in [0.29, 0.717) is 22.9 Å². The highest BCUT2D eigenvalue weighted by Gasteiger charge is 2.12. The minimum absolute atomic E-state index is 0.0774. The number of aliphatic hydroxyl groups is 1. The Morgan fingerprint density at radius 3 is 2.80 bits per heavy atom. The first-order valence-electron chi connectivity index (χ1n) is 6.73. The SMILES string of the molecule is CCCCOCC(O)COc1ccc(Cl)cc1C(C)=O. The molecule has 1 N–H and O–H groups in total. The number of unbranched alkanes of at least 4 members (excludes halogenated alkanes) is 1. The fourth-order valence-corrected chi connectivity index (χ4v) is 1.78. The summed E-state index contributed by atoms with van der Waals surface area (Å²) in [6, 6.07) is 4.83. The zero-order valence-corrected chi connectivity index (χ0v) is 12.7. The van der Waals surface area contributed by atoms with Crippen molar-refractivity contribution in [1.82, 2.24) is 0 Å². The van der Waals surface area contributed by atoms with Crippen LogP contribution in [0.2, 0.25) is 5.02 Å². The molecule has 0 aliphatic rings.